The third-order valence-corrected chi connectivity index (χ3v) is 4.46. The summed E-state index contributed by atoms with van der Waals surface area (Å²) in [7, 11) is 0. The standard InChI is InChI=1S/C14H14BrNS/c1-9-4-5-12(8-10(9)2)17-14-7-6-13(15)11(3)16-14/h4-8H,1-3H3. The molecular formula is C14H14BrNS. The van der Waals surface area contributed by atoms with E-state index in [1.54, 1.807) is 11.8 Å². The molecule has 88 valence electrons. The first-order valence-corrected chi connectivity index (χ1v) is 7.05. The molecule has 1 nitrogen and oxygen atoms in total. The summed E-state index contributed by atoms with van der Waals surface area (Å²) in [5, 5.41) is 1.04. The first kappa shape index (κ1) is 12.7. The van der Waals surface area contributed by atoms with Crippen molar-refractivity contribution in [2.75, 3.05) is 0 Å². The molecule has 0 aliphatic carbocycles. The zero-order valence-electron chi connectivity index (χ0n) is 10.1. The maximum absolute atomic E-state index is 4.54. The fourth-order valence-electron chi connectivity index (χ4n) is 1.48. The van der Waals surface area contributed by atoms with Crippen LogP contribution in [-0.2, 0) is 0 Å². The van der Waals surface area contributed by atoms with Crippen molar-refractivity contribution in [3.8, 4) is 0 Å². The third kappa shape index (κ3) is 3.11. The molecule has 0 spiro atoms. The van der Waals surface area contributed by atoms with Crippen molar-refractivity contribution >= 4 is 27.7 Å². The van der Waals surface area contributed by atoms with Gasteiger partial charge < -0.3 is 0 Å². The summed E-state index contributed by atoms with van der Waals surface area (Å²) in [6, 6.07) is 10.6. The summed E-state index contributed by atoms with van der Waals surface area (Å²) < 4.78 is 1.06. The van der Waals surface area contributed by atoms with Crippen LogP contribution in [0.1, 0.15) is 16.8 Å². The molecule has 0 N–H and O–H groups in total. The molecule has 0 amide bonds. The van der Waals surface area contributed by atoms with Crippen molar-refractivity contribution in [1.29, 1.82) is 0 Å². The Balaban J connectivity index is 2.25. The Morgan fingerprint density at radius 1 is 1.00 bits per heavy atom. The Hall–Kier alpha value is -0.800. The number of nitrogens with zero attached hydrogens (tertiary/aromatic N) is 1. The average molecular weight is 308 g/mol. The molecule has 2 rings (SSSR count). The largest absolute Gasteiger partial charge is 0.245 e. The van der Waals surface area contributed by atoms with Crippen LogP contribution < -0.4 is 0 Å². The van der Waals surface area contributed by atoms with Crippen LogP contribution >= 0.6 is 27.7 Å². The van der Waals surface area contributed by atoms with Crippen molar-refractivity contribution in [3.63, 3.8) is 0 Å². The molecule has 0 atom stereocenters. The van der Waals surface area contributed by atoms with Gasteiger partial charge in [0.05, 0.1) is 5.69 Å². The predicted octanol–water partition coefficient (Wildman–Crippen LogP) is 4.92. The zero-order valence-corrected chi connectivity index (χ0v) is 12.5. The lowest BCUT2D eigenvalue weighted by Crippen LogP contribution is -1.86. The lowest BCUT2D eigenvalue weighted by Gasteiger charge is -2.06. The van der Waals surface area contributed by atoms with Gasteiger partial charge in [0.1, 0.15) is 5.03 Å². The van der Waals surface area contributed by atoms with Crippen LogP contribution in [-0.4, -0.2) is 4.98 Å². The molecule has 0 aliphatic heterocycles. The van der Waals surface area contributed by atoms with Gasteiger partial charge in [-0.25, -0.2) is 4.98 Å². The van der Waals surface area contributed by atoms with Gasteiger partial charge in [-0.3, -0.25) is 0 Å². The minimum atomic E-state index is 1.03. The van der Waals surface area contributed by atoms with Crippen molar-refractivity contribution in [1.82, 2.24) is 4.98 Å². The normalized spacial score (nSPS) is 10.6. The van der Waals surface area contributed by atoms with Crippen LogP contribution in [0.3, 0.4) is 0 Å². The van der Waals surface area contributed by atoms with Gasteiger partial charge in [0, 0.05) is 9.37 Å². The van der Waals surface area contributed by atoms with Crippen molar-refractivity contribution in [2.24, 2.45) is 0 Å². The molecule has 1 aromatic heterocycles. The Labute approximate surface area is 115 Å². The quantitative estimate of drug-likeness (QED) is 0.781. The smallest absolute Gasteiger partial charge is 0.101 e. The predicted molar refractivity (Wildman–Crippen MR) is 76.7 cm³/mol. The highest BCUT2D eigenvalue weighted by atomic mass is 79.9. The molecule has 17 heavy (non-hydrogen) atoms. The molecule has 0 saturated carbocycles. The van der Waals surface area contributed by atoms with Gasteiger partial charge in [-0.05, 0) is 72.1 Å². The van der Waals surface area contributed by atoms with Gasteiger partial charge in [-0.15, -0.1) is 0 Å². The Morgan fingerprint density at radius 2 is 1.76 bits per heavy atom. The third-order valence-electron chi connectivity index (χ3n) is 2.70. The van der Waals surface area contributed by atoms with Crippen LogP contribution in [0.15, 0.2) is 44.7 Å². The number of pyridine rings is 1. The minimum absolute atomic E-state index is 1.03. The van der Waals surface area contributed by atoms with E-state index in [4.69, 9.17) is 0 Å². The molecule has 1 aromatic carbocycles. The van der Waals surface area contributed by atoms with E-state index in [0.29, 0.717) is 0 Å². The number of hydrogen-bond donors (Lipinski definition) is 0. The van der Waals surface area contributed by atoms with E-state index < -0.39 is 0 Å². The molecule has 3 heteroatoms. The molecule has 1 heterocycles. The van der Waals surface area contributed by atoms with Crippen LogP contribution in [0.2, 0.25) is 0 Å². The second-order valence-corrected chi connectivity index (χ2v) is 6.01. The number of aromatic nitrogens is 1. The highest BCUT2D eigenvalue weighted by molar-refractivity contribution is 9.10. The molecule has 0 bridgehead atoms. The molecule has 2 aromatic rings. The van der Waals surface area contributed by atoms with Crippen molar-refractivity contribution in [3.05, 3.63) is 51.6 Å². The number of halogens is 1. The number of rotatable bonds is 2. The van der Waals surface area contributed by atoms with Crippen LogP contribution in [0.5, 0.6) is 0 Å². The van der Waals surface area contributed by atoms with E-state index in [2.05, 4.69) is 53.0 Å². The first-order chi connectivity index (χ1) is 8.06. The second kappa shape index (κ2) is 5.23. The topological polar surface area (TPSA) is 12.9 Å². The highest BCUT2D eigenvalue weighted by Gasteiger charge is 2.03. The minimum Gasteiger partial charge on any atom is -0.245 e. The van der Waals surface area contributed by atoms with Crippen LogP contribution in [0.4, 0.5) is 0 Å². The molecule has 0 saturated heterocycles. The molecule has 0 fully saturated rings. The van der Waals surface area contributed by atoms with E-state index in [9.17, 15) is 0 Å². The van der Waals surface area contributed by atoms with E-state index in [1.807, 2.05) is 19.1 Å². The number of benzene rings is 1. The van der Waals surface area contributed by atoms with E-state index in [1.165, 1.54) is 16.0 Å². The van der Waals surface area contributed by atoms with E-state index in [-0.39, 0.29) is 0 Å². The van der Waals surface area contributed by atoms with Gasteiger partial charge in [-0.2, -0.15) is 0 Å². The first-order valence-electron chi connectivity index (χ1n) is 5.44. The van der Waals surface area contributed by atoms with Crippen LogP contribution in [0.25, 0.3) is 0 Å². The van der Waals surface area contributed by atoms with Gasteiger partial charge in [0.2, 0.25) is 0 Å². The summed E-state index contributed by atoms with van der Waals surface area (Å²) in [4.78, 5) is 5.77. The average Bonchev–Trinajstić information content (AvgIpc) is 2.29. The van der Waals surface area contributed by atoms with Crippen molar-refractivity contribution in [2.45, 2.75) is 30.7 Å². The van der Waals surface area contributed by atoms with Gasteiger partial charge in [0.25, 0.3) is 0 Å². The summed E-state index contributed by atoms with van der Waals surface area (Å²) in [6.45, 7) is 6.28. The fourth-order valence-corrected chi connectivity index (χ4v) is 2.63. The molecule has 0 radical (unpaired) electrons. The van der Waals surface area contributed by atoms with E-state index >= 15 is 0 Å². The molecular weight excluding hydrogens is 294 g/mol. The zero-order chi connectivity index (χ0) is 12.4. The monoisotopic (exact) mass is 307 g/mol. The Kier molecular flexibility index (Phi) is 3.89. The van der Waals surface area contributed by atoms with E-state index in [0.717, 1.165) is 15.2 Å². The Morgan fingerprint density at radius 3 is 2.41 bits per heavy atom. The molecule has 0 unspecified atom stereocenters. The number of hydrogen-bond acceptors (Lipinski definition) is 2. The summed E-state index contributed by atoms with van der Waals surface area (Å²) in [5.74, 6) is 0. The Bertz CT molecular complexity index is 502. The van der Waals surface area contributed by atoms with Crippen LogP contribution in [0, 0.1) is 20.8 Å². The maximum atomic E-state index is 4.54. The lowest BCUT2D eigenvalue weighted by atomic mass is 10.1. The second-order valence-electron chi connectivity index (χ2n) is 4.06. The summed E-state index contributed by atoms with van der Waals surface area (Å²) >= 11 is 5.17. The SMILES string of the molecule is Cc1ccc(Sc2ccc(Br)c(C)n2)cc1C. The number of aryl methyl sites for hydroxylation is 3. The van der Waals surface area contributed by atoms with Gasteiger partial charge >= 0.3 is 0 Å². The highest BCUT2D eigenvalue weighted by Crippen LogP contribution is 2.29. The fraction of sp³-hybridized carbons (Fsp3) is 0.214. The van der Waals surface area contributed by atoms with Gasteiger partial charge in [-0.1, -0.05) is 17.8 Å². The maximum Gasteiger partial charge on any atom is 0.101 e. The molecule has 0 aliphatic rings. The summed E-state index contributed by atoms with van der Waals surface area (Å²) in [6.07, 6.45) is 0. The van der Waals surface area contributed by atoms with Crippen molar-refractivity contribution < 1.29 is 0 Å². The lowest BCUT2D eigenvalue weighted by molar-refractivity contribution is 1.05. The summed E-state index contributed by atoms with van der Waals surface area (Å²) in [5.41, 5.74) is 3.68. The van der Waals surface area contributed by atoms with Gasteiger partial charge in [0.15, 0.2) is 0 Å².